The summed E-state index contributed by atoms with van der Waals surface area (Å²) in [7, 11) is 0. The molecular weight excluding hydrogens is 242 g/mol. The molecule has 4 N–H and O–H groups in total. The van der Waals surface area contributed by atoms with Gasteiger partial charge in [-0.2, -0.15) is 0 Å². The molecule has 1 aromatic heterocycles. The summed E-state index contributed by atoms with van der Waals surface area (Å²) < 4.78 is 0. The van der Waals surface area contributed by atoms with Gasteiger partial charge in [-0.3, -0.25) is 0 Å². The molecular formula is C14H15N3O2. The monoisotopic (exact) mass is 257 g/mol. The van der Waals surface area contributed by atoms with E-state index in [1.54, 1.807) is 0 Å². The second kappa shape index (κ2) is 5.39. The first-order valence-corrected chi connectivity index (χ1v) is 5.85. The number of aromatic carboxylic acids is 1. The van der Waals surface area contributed by atoms with E-state index in [0.29, 0.717) is 18.1 Å². The van der Waals surface area contributed by atoms with Crippen LogP contribution >= 0.6 is 0 Å². The molecule has 1 aromatic carbocycles. The number of anilines is 2. The summed E-state index contributed by atoms with van der Waals surface area (Å²) in [6, 6.07) is 10.9. The highest BCUT2D eigenvalue weighted by Gasteiger charge is 2.08. The van der Waals surface area contributed by atoms with Gasteiger partial charge in [0, 0.05) is 6.54 Å². The number of nitrogens with two attached hydrogens (primary N) is 1. The van der Waals surface area contributed by atoms with Gasteiger partial charge in [0.15, 0.2) is 5.69 Å². The van der Waals surface area contributed by atoms with Crippen LogP contribution in [0.15, 0.2) is 36.4 Å². The number of aromatic nitrogens is 1. The Balaban J connectivity index is 2.15. The lowest BCUT2D eigenvalue weighted by Crippen LogP contribution is -2.08. The molecule has 0 aliphatic carbocycles. The molecule has 0 aliphatic rings. The Bertz CT molecular complexity index is 611. The number of nitrogen functional groups attached to an aromatic ring is 1. The molecule has 0 saturated carbocycles. The summed E-state index contributed by atoms with van der Waals surface area (Å²) in [6.45, 7) is 2.56. The minimum absolute atomic E-state index is 0.0269. The number of carboxylic acids is 1. The number of carboxylic acid groups (broad SMARTS) is 1. The van der Waals surface area contributed by atoms with Gasteiger partial charge in [-0.15, -0.1) is 0 Å². The third-order valence-electron chi connectivity index (χ3n) is 2.69. The summed E-state index contributed by atoms with van der Waals surface area (Å²) >= 11 is 0. The maximum absolute atomic E-state index is 10.9. The summed E-state index contributed by atoms with van der Waals surface area (Å²) in [6.07, 6.45) is 0. The predicted molar refractivity (Wildman–Crippen MR) is 74.1 cm³/mol. The van der Waals surface area contributed by atoms with Gasteiger partial charge in [0.25, 0.3) is 0 Å². The van der Waals surface area contributed by atoms with E-state index < -0.39 is 5.97 Å². The number of aryl methyl sites for hydroxylation is 1. The van der Waals surface area contributed by atoms with E-state index in [9.17, 15) is 4.79 Å². The highest BCUT2D eigenvalue weighted by molar-refractivity contribution is 5.86. The molecule has 0 unspecified atom stereocenters. The molecule has 0 atom stereocenters. The zero-order valence-electron chi connectivity index (χ0n) is 10.6. The van der Waals surface area contributed by atoms with Crippen molar-refractivity contribution in [2.45, 2.75) is 13.5 Å². The van der Waals surface area contributed by atoms with Gasteiger partial charge in [-0.05, 0) is 24.6 Å². The third-order valence-corrected chi connectivity index (χ3v) is 2.69. The predicted octanol–water partition coefficient (Wildman–Crippen LogP) is 2.28. The fraction of sp³-hybridized carbons (Fsp3) is 0.143. The number of carbonyl (C=O) groups is 1. The normalized spacial score (nSPS) is 10.2. The van der Waals surface area contributed by atoms with Gasteiger partial charge >= 0.3 is 5.97 Å². The van der Waals surface area contributed by atoms with E-state index in [-0.39, 0.29) is 5.69 Å². The highest BCUT2D eigenvalue weighted by Crippen LogP contribution is 2.17. The van der Waals surface area contributed by atoms with Crippen LogP contribution in [0.3, 0.4) is 0 Å². The Hall–Kier alpha value is -2.56. The van der Waals surface area contributed by atoms with Gasteiger partial charge in [0.2, 0.25) is 0 Å². The largest absolute Gasteiger partial charge is 0.477 e. The molecule has 19 heavy (non-hydrogen) atoms. The molecule has 0 radical (unpaired) electrons. The smallest absolute Gasteiger partial charge is 0.354 e. The van der Waals surface area contributed by atoms with Crippen LogP contribution in [-0.2, 0) is 6.54 Å². The van der Waals surface area contributed by atoms with Gasteiger partial charge in [-0.25, -0.2) is 9.78 Å². The fourth-order valence-corrected chi connectivity index (χ4v) is 1.74. The standard InChI is InChI=1S/C14H15N3O2/c1-9-3-2-4-10(7-9)8-16-13-11(15)5-6-12(17-13)14(18)19/h2-7H,8,15H2,1H3,(H,16,17)(H,18,19). The number of rotatable bonds is 4. The van der Waals surface area contributed by atoms with Crippen molar-refractivity contribution >= 4 is 17.5 Å². The van der Waals surface area contributed by atoms with E-state index in [0.717, 1.165) is 5.56 Å². The second-order valence-corrected chi connectivity index (χ2v) is 4.28. The van der Waals surface area contributed by atoms with Crippen molar-refractivity contribution in [2.75, 3.05) is 11.1 Å². The number of pyridine rings is 1. The Morgan fingerprint density at radius 1 is 1.37 bits per heavy atom. The Kier molecular flexibility index (Phi) is 3.66. The average molecular weight is 257 g/mol. The lowest BCUT2D eigenvalue weighted by atomic mass is 10.1. The van der Waals surface area contributed by atoms with Gasteiger partial charge in [0.05, 0.1) is 5.69 Å². The van der Waals surface area contributed by atoms with Crippen LogP contribution in [-0.4, -0.2) is 16.1 Å². The average Bonchev–Trinajstić information content (AvgIpc) is 2.37. The van der Waals surface area contributed by atoms with Gasteiger partial charge in [0.1, 0.15) is 5.82 Å². The summed E-state index contributed by atoms with van der Waals surface area (Å²) in [5.74, 6) is -0.681. The SMILES string of the molecule is Cc1cccc(CNc2nc(C(=O)O)ccc2N)c1. The number of nitrogens with zero attached hydrogens (tertiary/aromatic N) is 1. The molecule has 98 valence electrons. The minimum atomic E-state index is -1.07. The molecule has 0 aliphatic heterocycles. The van der Waals surface area contributed by atoms with E-state index >= 15 is 0 Å². The molecule has 2 aromatic rings. The topological polar surface area (TPSA) is 88.2 Å². The summed E-state index contributed by atoms with van der Waals surface area (Å²) in [4.78, 5) is 14.8. The molecule has 0 spiro atoms. The van der Waals surface area contributed by atoms with E-state index in [4.69, 9.17) is 10.8 Å². The zero-order valence-corrected chi connectivity index (χ0v) is 10.6. The van der Waals surface area contributed by atoms with Crippen LogP contribution in [0, 0.1) is 6.92 Å². The molecule has 1 heterocycles. The molecule has 0 fully saturated rings. The zero-order chi connectivity index (χ0) is 13.8. The van der Waals surface area contributed by atoms with Crippen LogP contribution < -0.4 is 11.1 Å². The van der Waals surface area contributed by atoms with E-state index in [1.165, 1.54) is 17.7 Å². The Labute approximate surface area is 111 Å². The van der Waals surface area contributed by atoms with Gasteiger partial charge < -0.3 is 16.2 Å². The molecule has 5 heteroatoms. The van der Waals surface area contributed by atoms with Crippen LogP contribution in [0.1, 0.15) is 21.6 Å². The molecule has 5 nitrogen and oxygen atoms in total. The van der Waals surface area contributed by atoms with Crippen molar-refractivity contribution in [3.63, 3.8) is 0 Å². The summed E-state index contributed by atoms with van der Waals surface area (Å²) in [5.41, 5.74) is 8.42. The van der Waals surface area contributed by atoms with Crippen molar-refractivity contribution in [1.82, 2.24) is 4.98 Å². The van der Waals surface area contributed by atoms with E-state index in [2.05, 4.69) is 10.3 Å². The lowest BCUT2D eigenvalue weighted by Gasteiger charge is -2.09. The highest BCUT2D eigenvalue weighted by atomic mass is 16.4. The van der Waals surface area contributed by atoms with Crippen LogP contribution in [0.4, 0.5) is 11.5 Å². The second-order valence-electron chi connectivity index (χ2n) is 4.28. The first-order valence-electron chi connectivity index (χ1n) is 5.85. The van der Waals surface area contributed by atoms with Crippen LogP contribution in [0.5, 0.6) is 0 Å². The lowest BCUT2D eigenvalue weighted by molar-refractivity contribution is 0.0690. The number of nitrogens with one attached hydrogen (secondary N) is 1. The molecule has 0 bridgehead atoms. The van der Waals surface area contributed by atoms with Gasteiger partial charge in [-0.1, -0.05) is 29.8 Å². The first-order chi connectivity index (χ1) is 9.06. The summed E-state index contributed by atoms with van der Waals surface area (Å²) in [5, 5.41) is 11.9. The number of benzene rings is 1. The Morgan fingerprint density at radius 3 is 2.84 bits per heavy atom. The third kappa shape index (κ3) is 3.22. The minimum Gasteiger partial charge on any atom is -0.477 e. The van der Waals surface area contributed by atoms with Crippen molar-refractivity contribution in [2.24, 2.45) is 0 Å². The molecule has 0 saturated heterocycles. The fourth-order valence-electron chi connectivity index (χ4n) is 1.74. The maximum atomic E-state index is 10.9. The number of hydrogen-bond donors (Lipinski definition) is 3. The van der Waals surface area contributed by atoms with Crippen molar-refractivity contribution < 1.29 is 9.90 Å². The van der Waals surface area contributed by atoms with Crippen molar-refractivity contribution in [3.8, 4) is 0 Å². The molecule has 2 rings (SSSR count). The van der Waals surface area contributed by atoms with Crippen LogP contribution in [0.2, 0.25) is 0 Å². The first kappa shape index (κ1) is 12.9. The number of hydrogen-bond acceptors (Lipinski definition) is 4. The molecule has 0 amide bonds. The van der Waals surface area contributed by atoms with E-state index in [1.807, 2.05) is 31.2 Å². The quantitative estimate of drug-likeness (QED) is 0.782. The van der Waals surface area contributed by atoms with Crippen molar-refractivity contribution in [3.05, 3.63) is 53.2 Å². The van der Waals surface area contributed by atoms with Crippen molar-refractivity contribution in [1.29, 1.82) is 0 Å². The maximum Gasteiger partial charge on any atom is 0.354 e. The Morgan fingerprint density at radius 2 is 2.16 bits per heavy atom. The van der Waals surface area contributed by atoms with Crippen LogP contribution in [0.25, 0.3) is 0 Å².